The number of amides is 1. The summed E-state index contributed by atoms with van der Waals surface area (Å²) in [5.74, 6) is 0.544. The molecule has 2 heterocycles. The minimum absolute atomic E-state index is 0.0332. The Morgan fingerprint density at radius 3 is 2.80 bits per heavy atom. The number of hydrogen-bond acceptors (Lipinski definition) is 6. The van der Waals surface area contributed by atoms with Crippen molar-refractivity contribution in [2.24, 2.45) is 0 Å². The average molecular weight is 282 g/mol. The molecule has 0 saturated carbocycles. The molecule has 1 fully saturated rings. The Morgan fingerprint density at radius 2 is 2.20 bits per heavy atom. The molecule has 1 atom stereocenters. The zero-order valence-electron chi connectivity index (χ0n) is 12.5. The lowest BCUT2D eigenvalue weighted by molar-refractivity contribution is 0.0499. The highest BCUT2D eigenvalue weighted by atomic mass is 16.6. The molecule has 20 heavy (non-hydrogen) atoms. The summed E-state index contributed by atoms with van der Waals surface area (Å²) < 4.78 is 10.7. The highest BCUT2D eigenvalue weighted by molar-refractivity contribution is 5.68. The Hall–Kier alpha value is -1.79. The SMILES string of the molecule is Cc1nnc(N2CCCC(NC(=O)OC(C)(C)C)C2)o1. The second-order valence-electron chi connectivity index (χ2n) is 6.04. The van der Waals surface area contributed by atoms with Gasteiger partial charge in [0, 0.05) is 26.1 Å². The third kappa shape index (κ3) is 4.11. The fourth-order valence-corrected chi connectivity index (χ4v) is 2.16. The van der Waals surface area contributed by atoms with Crippen LogP contribution in [0.4, 0.5) is 10.8 Å². The average Bonchev–Trinajstić information content (AvgIpc) is 2.73. The van der Waals surface area contributed by atoms with Gasteiger partial charge in [-0.05, 0) is 33.6 Å². The van der Waals surface area contributed by atoms with Crippen molar-refractivity contribution >= 4 is 12.1 Å². The summed E-state index contributed by atoms with van der Waals surface area (Å²) >= 11 is 0. The van der Waals surface area contributed by atoms with Crippen LogP contribution in [0, 0.1) is 6.92 Å². The zero-order valence-corrected chi connectivity index (χ0v) is 12.5. The highest BCUT2D eigenvalue weighted by Gasteiger charge is 2.26. The lowest BCUT2D eigenvalue weighted by Gasteiger charge is -2.32. The second-order valence-corrected chi connectivity index (χ2v) is 6.04. The standard InChI is InChI=1S/C13H22N4O3/c1-9-15-16-11(19-9)17-7-5-6-10(8-17)14-12(18)20-13(2,3)4/h10H,5-8H2,1-4H3,(H,14,18). The largest absolute Gasteiger partial charge is 0.444 e. The quantitative estimate of drug-likeness (QED) is 0.892. The van der Waals surface area contributed by atoms with Gasteiger partial charge in [0.2, 0.25) is 5.89 Å². The number of nitrogens with zero attached hydrogens (tertiary/aromatic N) is 3. The van der Waals surface area contributed by atoms with E-state index < -0.39 is 5.60 Å². The van der Waals surface area contributed by atoms with E-state index in [1.807, 2.05) is 25.7 Å². The van der Waals surface area contributed by atoms with Crippen LogP contribution in [-0.2, 0) is 4.74 Å². The van der Waals surface area contributed by atoms with Gasteiger partial charge in [-0.3, -0.25) is 0 Å². The van der Waals surface area contributed by atoms with Gasteiger partial charge in [-0.2, -0.15) is 0 Å². The summed E-state index contributed by atoms with van der Waals surface area (Å²) in [6.45, 7) is 8.81. The molecule has 1 N–H and O–H groups in total. The lowest BCUT2D eigenvalue weighted by Crippen LogP contribution is -2.49. The van der Waals surface area contributed by atoms with Crippen molar-refractivity contribution in [1.29, 1.82) is 0 Å². The third-order valence-corrected chi connectivity index (χ3v) is 2.93. The predicted molar refractivity (Wildman–Crippen MR) is 73.6 cm³/mol. The van der Waals surface area contributed by atoms with Gasteiger partial charge in [0.25, 0.3) is 0 Å². The van der Waals surface area contributed by atoms with E-state index >= 15 is 0 Å². The van der Waals surface area contributed by atoms with E-state index in [1.54, 1.807) is 6.92 Å². The number of carbonyl (C=O) groups is 1. The summed E-state index contributed by atoms with van der Waals surface area (Å²) in [6, 6.07) is 0.545. The topological polar surface area (TPSA) is 80.5 Å². The molecular formula is C13H22N4O3. The van der Waals surface area contributed by atoms with Crippen molar-refractivity contribution in [3.63, 3.8) is 0 Å². The van der Waals surface area contributed by atoms with Gasteiger partial charge >= 0.3 is 12.1 Å². The number of alkyl carbamates (subject to hydrolysis) is 1. The van der Waals surface area contributed by atoms with E-state index in [1.165, 1.54) is 0 Å². The van der Waals surface area contributed by atoms with Crippen molar-refractivity contribution in [3.05, 3.63) is 5.89 Å². The van der Waals surface area contributed by atoms with Gasteiger partial charge in [0.1, 0.15) is 5.60 Å². The molecule has 0 aliphatic carbocycles. The van der Waals surface area contributed by atoms with Crippen LogP contribution in [0.1, 0.15) is 39.5 Å². The fourth-order valence-electron chi connectivity index (χ4n) is 2.16. The number of anilines is 1. The maximum Gasteiger partial charge on any atom is 0.407 e. The molecule has 0 radical (unpaired) electrons. The summed E-state index contributed by atoms with van der Waals surface area (Å²) in [7, 11) is 0. The molecule has 1 amide bonds. The smallest absolute Gasteiger partial charge is 0.407 e. The number of ether oxygens (including phenoxy) is 1. The summed E-state index contributed by atoms with van der Waals surface area (Å²) in [5.41, 5.74) is -0.484. The number of piperidine rings is 1. The van der Waals surface area contributed by atoms with Crippen molar-refractivity contribution in [3.8, 4) is 0 Å². The molecule has 0 bridgehead atoms. The molecule has 7 heteroatoms. The first-order valence-corrected chi connectivity index (χ1v) is 6.88. The lowest BCUT2D eigenvalue weighted by atomic mass is 10.1. The second kappa shape index (κ2) is 5.68. The molecule has 1 unspecified atom stereocenters. The van der Waals surface area contributed by atoms with Crippen LogP contribution in [-0.4, -0.2) is 41.0 Å². The van der Waals surface area contributed by atoms with Crippen LogP contribution in [0.15, 0.2) is 4.42 Å². The minimum atomic E-state index is -0.484. The van der Waals surface area contributed by atoms with E-state index in [0.717, 1.165) is 19.4 Å². The number of hydrogen-bond donors (Lipinski definition) is 1. The normalized spacial score (nSPS) is 19.8. The van der Waals surface area contributed by atoms with Crippen LogP contribution in [0.2, 0.25) is 0 Å². The van der Waals surface area contributed by atoms with Gasteiger partial charge < -0.3 is 19.4 Å². The van der Waals surface area contributed by atoms with Crippen molar-refractivity contribution < 1.29 is 13.9 Å². The molecule has 1 aliphatic heterocycles. The molecule has 1 saturated heterocycles. The molecule has 7 nitrogen and oxygen atoms in total. The monoisotopic (exact) mass is 282 g/mol. The first-order chi connectivity index (χ1) is 9.33. The van der Waals surface area contributed by atoms with Crippen molar-refractivity contribution in [2.45, 2.75) is 52.2 Å². The fraction of sp³-hybridized carbons (Fsp3) is 0.769. The summed E-state index contributed by atoms with van der Waals surface area (Å²) in [4.78, 5) is 13.8. The summed E-state index contributed by atoms with van der Waals surface area (Å²) in [6.07, 6.45) is 1.50. The van der Waals surface area contributed by atoms with E-state index in [0.29, 0.717) is 18.5 Å². The molecular weight excluding hydrogens is 260 g/mol. The molecule has 112 valence electrons. The molecule has 1 aliphatic rings. The maximum absolute atomic E-state index is 11.8. The number of aromatic nitrogens is 2. The first kappa shape index (κ1) is 14.6. The van der Waals surface area contributed by atoms with E-state index in [-0.39, 0.29) is 12.1 Å². The Labute approximate surface area is 118 Å². The number of rotatable bonds is 2. The van der Waals surface area contributed by atoms with Crippen molar-refractivity contribution in [1.82, 2.24) is 15.5 Å². The van der Waals surface area contributed by atoms with Crippen molar-refractivity contribution in [2.75, 3.05) is 18.0 Å². The Morgan fingerprint density at radius 1 is 1.45 bits per heavy atom. The molecule has 2 rings (SSSR count). The highest BCUT2D eigenvalue weighted by Crippen LogP contribution is 2.18. The van der Waals surface area contributed by atoms with E-state index in [4.69, 9.17) is 9.15 Å². The number of aryl methyl sites for hydroxylation is 1. The van der Waals surface area contributed by atoms with Gasteiger partial charge in [0.15, 0.2) is 0 Å². The third-order valence-electron chi connectivity index (χ3n) is 2.93. The van der Waals surface area contributed by atoms with Gasteiger partial charge in [-0.25, -0.2) is 4.79 Å². The Bertz CT molecular complexity index is 466. The van der Waals surface area contributed by atoms with Crippen LogP contribution in [0.5, 0.6) is 0 Å². The predicted octanol–water partition coefficient (Wildman–Crippen LogP) is 1.87. The van der Waals surface area contributed by atoms with Crippen LogP contribution >= 0.6 is 0 Å². The van der Waals surface area contributed by atoms with Gasteiger partial charge in [-0.15, -0.1) is 5.10 Å². The van der Waals surface area contributed by atoms with Crippen LogP contribution < -0.4 is 10.2 Å². The first-order valence-electron chi connectivity index (χ1n) is 6.88. The zero-order chi connectivity index (χ0) is 14.8. The van der Waals surface area contributed by atoms with Crippen LogP contribution in [0.25, 0.3) is 0 Å². The van der Waals surface area contributed by atoms with E-state index in [2.05, 4.69) is 15.5 Å². The molecule has 0 aromatic carbocycles. The minimum Gasteiger partial charge on any atom is -0.444 e. The summed E-state index contributed by atoms with van der Waals surface area (Å²) in [5, 5.41) is 10.7. The molecule has 0 spiro atoms. The maximum atomic E-state index is 11.8. The molecule has 1 aromatic heterocycles. The molecule has 1 aromatic rings. The number of carbonyl (C=O) groups excluding carboxylic acids is 1. The van der Waals surface area contributed by atoms with E-state index in [9.17, 15) is 4.79 Å². The number of nitrogens with one attached hydrogen (secondary N) is 1. The van der Waals surface area contributed by atoms with Crippen LogP contribution in [0.3, 0.4) is 0 Å². The van der Waals surface area contributed by atoms with Gasteiger partial charge in [0.05, 0.1) is 0 Å². The Kier molecular flexibility index (Phi) is 4.15. The Balaban J connectivity index is 1.89. The van der Waals surface area contributed by atoms with Gasteiger partial charge in [-0.1, -0.05) is 5.10 Å².